The fourth-order valence-corrected chi connectivity index (χ4v) is 2.09. The Morgan fingerprint density at radius 2 is 2.04 bits per heavy atom. The van der Waals surface area contributed by atoms with Crippen molar-refractivity contribution >= 4 is 17.6 Å². The van der Waals surface area contributed by atoms with Gasteiger partial charge in [-0.15, -0.1) is 0 Å². The largest absolute Gasteiger partial charge is 0.466 e. The number of halogens is 1. The molecule has 0 aromatic heterocycles. The molecule has 0 saturated heterocycles. The monoisotopic (exact) mass is 326 g/mol. The van der Waals surface area contributed by atoms with Crippen molar-refractivity contribution in [3.8, 4) is 6.07 Å². The Kier molecular flexibility index (Phi) is 5.63. The zero-order valence-electron chi connectivity index (χ0n) is 13.0. The lowest BCUT2D eigenvalue weighted by atomic mass is 10.1. The molecule has 0 aliphatic heterocycles. The van der Waals surface area contributed by atoms with Crippen LogP contribution in [0.4, 0.5) is 10.1 Å². The zero-order chi connectivity index (χ0) is 17.5. The van der Waals surface area contributed by atoms with Gasteiger partial charge in [0.2, 0.25) is 0 Å². The highest BCUT2D eigenvalue weighted by molar-refractivity contribution is 6.04. The van der Waals surface area contributed by atoms with Gasteiger partial charge in [-0.3, -0.25) is 9.59 Å². The van der Waals surface area contributed by atoms with Crippen LogP contribution in [0.15, 0.2) is 42.5 Å². The van der Waals surface area contributed by atoms with Gasteiger partial charge in [-0.2, -0.15) is 5.26 Å². The normalized spacial score (nSPS) is 9.88. The van der Waals surface area contributed by atoms with Gasteiger partial charge in [0.1, 0.15) is 11.9 Å². The van der Waals surface area contributed by atoms with Gasteiger partial charge < -0.3 is 10.1 Å². The molecule has 0 atom stereocenters. The summed E-state index contributed by atoms with van der Waals surface area (Å²) < 4.78 is 18.2. The number of nitrogens with zero attached hydrogens (tertiary/aromatic N) is 1. The van der Waals surface area contributed by atoms with Gasteiger partial charge in [-0.25, -0.2) is 4.39 Å². The van der Waals surface area contributed by atoms with Crippen molar-refractivity contribution in [3.63, 3.8) is 0 Å². The van der Waals surface area contributed by atoms with E-state index in [0.29, 0.717) is 17.9 Å². The van der Waals surface area contributed by atoms with Crippen molar-refractivity contribution in [2.24, 2.45) is 0 Å². The van der Waals surface area contributed by atoms with E-state index >= 15 is 0 Å². The third-order valence-electron chi connectivity index (χ3n) is 3.19. The summed E-state index contributed by atoms with van der Waals surface area (Å²) in [5.41, 5.74) is 1.16. The van der Waals surface area contributed by atoms with E-state index < -0.39 is 11.7 Å². The predicted molar refractivity (Wildman–Crippen MR) is 85.8 cm³/mol. The summed E-state index contributed by atoms with van der Waals surface area (Å²) in [6.07, 6.45) is 0.104. The second-order valence-corrected chi connectivity index (χ2v) is 4.94. The molecule has 0 aliphatic rings. The molecule has 2 aromatic rings. The molecule has 0 radical (unpaired) electrons. The number of esters is 1. The van der Waals surface area contributed by atoms with Gasteiger partial charge in [0, 0.05) is 11.3 Å². The van der Waals surface area contributed by atoms with Crippen molar-refractivity contribution in [2.75, 3.05) is 11.9 Å². The topological polar surface area (TPSA) is 79.2 Å². The van der Waals surface area contributed by atoms with Gasteiger partial charge in [0.15, 0.2) is 0 Å². The third kappa shape index (κ3) is 4.40. The summed E-state index contributed by atoms with van der Waals surface area (Å²) in [6, 6.07) is 12.0. The number of carbonyl (C=O) groups excluding carboxylic acids is 2. The van der Waals surface area contributed by atoms with Crippen LogP contribution < -0.4 is 5.32 Å². The second kappa shape index (κ2) is 7.88. The smallest absolute Gasteiger partial charge is 0.310 e. The lowest BCUT2D eigenvalue weighted by Gasteiger charge is -2.08. The Labute approximate surface area is 138 Å². The maximum atomic E-state index is 13.3. The van der Waals surface area contributed by atoms with Crippen molar-refractivity contribution in [2.45, 2.75) is 13.3 Å². The highest BCUT2D eigenvalue weighted by Gasteiger charge is 2.11. The molecular weight excluding hydrogens is 311 g/mol. The minimum atomic E-state index is -0.675. The Morgan fingerprint density at radius 1 is 1.25 bits per heavy atom. The van der Waals surface area contributed by atoms with Gasteiger partial charge in [-0.05, 0) is 42.8 Å². The van der Waals surface area contributed by atoms with E-state index in [-0.39, 0.29) is 23.5 Å². The van der Waals surface area contributed by atoms with Crippen LogP contribution in [0, 0.1) is 17.1 Å². The van der Waals surface area contributed by atoms with E-state index in [1.54, 1.807) is 37.3 Å². The van der Waals surface area contributed by atoms with E-state index in [4.69, 9.17) is 10.00 Å². The zero-order valence-corrected chi connectivity index (χ0v) is 13.0. The Hall–Kier alpha value is -3.20. The maximum Gasteiger partial charge on any atom is 0.310 e. The van der Waals surface area contributed by atoms with Crippen LogP contribution in [0.2, 0.25) is 0 Å². The molecule has 0 bridgehead atoms. The van der Waals surface area contributed by atoms with E-state index in [1.165, 1.54) is 12.1 Å². The first-order chi connectivity index (χ1) is 11.5. The lowest BCUT2D eigenvalue weighted by molar-refractivity contribution is -0.142. The molecule has 0 fully saturated rings. The molecule has 6 heteroatoms. The van der Waals surface area contributed by atoms with Gasteiger partial charge in [0.25, 0.3) is 5.91 Å². The second-order valence-electron chi connectivity index (χ2n) is 4.94. The number of nitriles is 1. The average Bonchev–Trinajstić information content (AvgIpc) is 2.55. The van der Waals surface area contributed by atoms with Crippen LogP contribution >= 0.6 is 0 Å². The number of benzene rings is 2. The highest BCUT2D eigenvalue weighted by Crippen LogP contribution is 2.15. The van der Waals surface area contributed by atoms with Gasteiger partial charge in [0.05, 0.1) is 18.6 Å². The van der Waals surface area contributed by atoms with Gasteiger partial charge in [-0.1, -0.05) is 12.1 Å². The van der Waals surface area contributed by atoms with Crippen LogP contribution in [0.3, 0.4) is 0 Å². The maximum absolute atomic E-state index is 13.3. The predicted octanol–water partition coefficient (Wildman–Crippen LogP) is 3.06. The van der Waals surface area contributed by atoms with Crippen molar-refractivity contribution in [1.82, 2.24) is 0 Å². The van der Waals surface area contributed by atoms with E-state index in [2.05, 4.69) is 5.32 Å². The van der Waals surface area contributed by atoms with Crippen molar-refractivity contribution in [1.29, 1.82) is 5.26 Å². The number of carbonyl (C=O) groups is 2. The van der Waals surface area contributed by atoms with E-state index in [0.717, 1.165) is 6.07 Å². The minimum Gasteiger partial charge on any atom is -0.466 e. The summed E-state index contributed by atoms with van der Waals surface area (Å²) in [7, 11) is 0. The standard InChI is InChI=1S/C18H15FN2O3/c1-2-24-17(22)9-12-4-3-5-15(8-12)21-18(23)13-6-7-16(19)14(10-13)11-20/h3-8,10H,2,9H2,1H3,(H,21,23). The number of amides is 1. The van der Waals surface area contributed by atoms with E-state index in [9.17, 15) is 14.0 Å². The molecule has 2 aromatic carbocycles. The number of ether oxygens (including phenoxy) is 1. The molecule has 0 heterocycles. The Morgan fingerprint density at radius 3 is 2.75 bits per heavy atom. The first kappa shape index (κ1) is 17.2. The third-order valence-corrected chi connectivity index (χ3v) is 3.19. The molecule has 5 nitrogen and oxygen atoms in total. The quantitative estimate of drug-likeness (QED) is 0.857. The summed E-state index contributed by atoms with van der Waals surface area (Å²) in [5, 5.41) is 11.5. The molecule has 0 saturated carbocycles. The number of rotatable bonds is 5. The van der Waals surface area contributed by atoms with Crippen molar-refractivity contribution < 1.29 is 18.7 Å². The number of anilines is 1. The molecule has 1 amide bonds. The van der Waals surface area contributed by atoms with Gasteiger partial charge >= 0.3 is 5.97 Å². The van der Waals surface area contributed by atoms with E-state index in [1.807, 2.05) is 0 Å². The first-order valence-corrected chi connectivity index (χ1v) is 7.29. The molecular formula is C18H15FN2O3. The average molecular weight is 326 g/mol. The van der Waals surface area contributed by atoms with Crippen LogP contribution in [0.5, 0.6) is 0 Å². The van der Waals surface area contributed by atoms with Crippen LogP contribution in [0.25, 0.3) is 0 Å². The summed E-state index contributed by atoms with van der Waals surface area (Å²) >= 11 is 0. The van der Waals surface area contributed by atoms with Crippen LogP contribution in [0.1, 0.15) is 28.4 Å². The molecule has 0 unspecified atom stereocenters. The summed E-state index contributed by atoms with van der Waals surface area (Å²) in [4.78, 5) is 23.7. The molecule has 122 valence electrons. The number of hydrogen-bond acceptors (Lipinski definition) is 4. The minimum absolute atomic E-state index is 0.104. The highest BCUT2D eigenvalue weighted by atomic mass is 19.1. The summed E-state index contributed by atoms with van der Waals surface area (Å²) in [6.45, 7) is 2.04. The van der Waals surface area contributed by atoms with Crippen LogP contribution in [-0.2, 0) is 16.0 Å². The molecule has 0 aliphatic carbocycles. The SMILES string of the molecule is CCOC(=O)Cc1cccc(NC(=O)c2ccc(F)c(C#N)c2)c1. The Bertz CT molecular complexity index is 812. The molecule has 24 heavy (non-hydrogen) atoms. The fraction of sp³-hybridized carbons (Fsp3) is 0.167. The first-order valence-electron chi connectivity index (χ1n) is 7.29. The lowest BCUT2D eigenvalue weighted by Crippen LogP contribution is -2.13. The number of hydrogen-bond donors (Lipinski definition) is 1. The Balaban J connectivity index is 2.12. The molecule has 1 N–H and O–H groups in total. The number of nitrogens with one attached hydrogen (secondary N) is 1. The van der Waals surface area contributed by atoms with Crippen LogP contribution in [-0.4, -0.2) is 18.5 Å². The summed E-state index contributed by atoms with van der Waals surface area (Å²) in [5.74, 6) is -1.50. The molecule has 0 spiro atoms. The van der Waals surface area contributed by atoms with Crippen molar-refractivity contribution in [3.05, 3.63) is 65.0 Å². The molecule has 2 rings (SSSR count). The fourth-order valence-electron chi connectivity index (χ4n) is 2.09.